The number of phenolic OH excluding ortho intramolecular Hbond substituents is 1. The van der Waals surface area contributed by atoms with Crippen molar-refractivity contribution in [2.45, 2.75) is 12.3 Å². The fraction of sp³-hybridized carbons (Fsp3) is 0.273. The Morgan fingerprint density at radius 1 is 1.21 bits per heavy atom. The van der Waals surface area contributed by atoms with Crippen LogP contribution in [0.3, 0.4) is 0 Å². The Morgan fingerprint density at radius 2 is 2.00 bits per heavy atom. The lowest BCUT2D eigenvalue weighted by atomic mass is 9.81. The molecule has 150 valence electrons. The number of allylic oxidation sites excluding steroid dienone is 2. The van der Waals surface area contributed by atoms with Gasteiger partial charge in [0.2, 0.25) is 0 Å². The molecule has 0 fully saturated rings. The lowest BCUT2D eigenvalue weighted by Crippen LogP contribution is -2.13. The normalized spacial score (nSPS) is 15.1. The minimum absolute atomic E-state index is 0.0331. The number of benzene rings is 2. The molecule has 2 aromatic carbocycles. The SMILES string of the molecule is COCOC(=O)c1ccc(C2C=C(C#N)c3c(O)cccc3C2)cc1OCOC. The quantitative estimate of drug-likeness (QED) is 0.567. The number of carbonyl (C=O) groups is 1. The first-order valence-corrected chi connectivity index (χ1v) is 8.94. The molecule has 0 spiro atoms. The number of hydrogen-bond acceptors (Lipinski definition) is 7. The summed E-state index contributed by atoms with van der Waals surface area (Å²) < 4.78 is 20.3. The van der Waals surface area contributed by atoms with Gasteiger partial charge in [-0.05, 0) is 35.7 Å². The van der Waals surface area contributed by atoms with E-state index in [1.807, 2.05) is 12.1 Å². The molecule has 0 saturated heterocycles. The van der Waals surface area contributed by atoms with Gasteiger partial charge in [0.05, 0.1) is 11.6 Å². The predicted octanol–water partition coefficient (Wildman–Crippen LogP) is 3.38. The molecule has 0 aliphatic heterocycles. The van der Waals surface area contributed by atoms with Crippen LogP contribution in [0.15, 0.2) is 42.5 Å². The summed E-state index contributed by atoms with van der Waals surface area (Å²) in [5.74, 6) is -0.280. The summed E-state index contributed by atoms with van der Waals surface area (Å²) in [5, 5.41) is 19.7. The summed E-state index contributed by atoms with van der Waals surface area (Å²) in [4.78, 5) is 12.3. The average Bonchev–Trinajstić information content (AvgIpc) is 2.75. The van der Waals surface area contributed by atoms with Gasteiger partial charge in [-0.1, -0.05) is 24.3 Å². The Morgan fingerprint density at radius 3 is 2.72 bits per heavy atom. The van der Waals surface area contributed by atoms with Crippen LogP contribution in [0.5, 0.6) is 11.5 Å². The van der Waals surface area contributed by atoms with Gasteiger partial charge < -0.3 is 24.1 Å². The summed E-state index contributed by atoms with van der Waals surface area (Å²) in [6.07, 6.45) is 2.42. The van der Waals surface area contributed by atoms with Crippen LogP contribution in [0.25, 0.3) is 5.57 Å². The van der Waals surface area contributed by atoms with Gasteiger partial charge in [-0.15, -0.1) is 0 Å². The van der Waals surface area contributed by atoms with Crippen molar-refractivity contribution < 1.29 is 28.8 Å². The third-order valence-electron chi connectivity index (χ3n) is 4.62. The lowest BCUT2D eigenvalue weighted by molar-refractivity contribution is -0.0132. The number of phenols is 1. The molecule has 0 aromatic heterocycles. The van der Waals surface area contributed by atoms with E-state index in [-0.39, 0.29) is 30.8 Å². The van der Waals surface area contributed by atoms with Crippen molar-refractivity contribution in [2.24, 2.45) is 0 Å². The van der Waals surface area contributed by atoms with E-state index in [1.54, 1.807) is 30.3 Å². The lowest BCUT2D eigenvalue weighted by Gasteiger charge is -2.23. The van der Waals surface area contributed by atoms with E-state index in [0.29, 0.717) is 23.3 Å². The van der Waals surface area contributed by atoms with Gasteiger partial charge in [0.1, 0.15) is 17.1 Å². The van der Waals surface area contributed by atoms with Crippen molar-refractivity contribution in [2.75, 3.05) is 27.8 Å². The number of esters is 1. The zero-order valence-electron chi connectivity index (χ0n) is 16.2. The molecule has 1 unspecified atom stereocenters. The monoisotopic (exact) mass is 395 g/mol. The minimum atomic E-state index is -0.573. The maximum absolute atomic E-state index is 12.3. The topological polar surface area (TPSA) is 98.0 Å². The second-order valence-electron chi connectivity index (χ2n) is 6.46. The van der Waals surface area contributed by atoms with Gasteiger partial charge in [-0.3, -0.25) is 0 Å². The molecule has 1 aliphatic rings. The number of nitrogens with zero attached hydrogens (tertiary/aromatic N) is 1. The summed E-state index contributed by atoms with van der Waals surface area (Å²) in [5.41, 5.74) is 2.98. The molecule has 7 heteroatoms. The van der Waals surface area contributed by atoms with Gasteiger partial charge in [0.15, 0.2) is 13.6 Å². The maximum Gasteiger partial charge on any atom is 0.344 e. The van der Waals surface area contributed by atoms with Crippen LogP contribution >= 0.6 is 0 Å². The van der Waals surface area contributed by atoms with Gasteiger partial charge in [-0.25, -0.2) is 4.79 Å². The molecular formula is C22H21NO6. The highest BCUT2D eigenvalue weighted by atomic mass is 16.7. The summed E-state index contributed by atoms with van der Waals surface area (Å²) in [6.45, 7) is -0.198. The van der Waals surface area contributed by atoms with Crippen molar-refractivity contribution in [3.05, 3.63) is 64.7 Å². The maximum atomic E-state index is 12.3. The number of nitriles is 1. The highest BCUT2D eigenvalue weighted by Crippen LogP contribution is 2.39. The smallest absolute Gasteiger partial charge is 0.344 e. The Labute approximate surface area is 168 Å². The van der Waals surface area contributed by atoms with E-state index in [9.17, 15) is 15.2 Å². The van der Waals surface area contributed by atoms with Crippen molar-refractivity contribution >= 4 is 11.5 Å². The standard InChI is InChI=1S/C22H21NO6/c1-26-12-28-20-10-14(6-7-18(20)22(25)29-13-27-2)16-8-15-4-3-5-19(24)21(15)17(9-16)11-23/h3-7,9-10,16,24H,8,12-13H2,1-2H3. The predicted molar refractivity (Wildman–Crippen MR) is 104 cm³/mol. The van der Waals surface area contributed by atoms with E-state index < -0.39 is 5.97 Å². The second kappa shape index (κ2) is 9.24. The molecule has 0 bridgehead atoms. The fourth-order valence-electron chi connectivity index (χ4n) is 3.33. The van der Waals surface area contributed by atoms with Crippen LogP contribution in [-0.2, 0) is 20.6 Å². The van der Waals surface area contributed by atoms with Crippen LogP contribution in [0.2, 0.25) is 0 Å². The van der Waals surface area contributed by atoms with E-state index in [4.69, 9.17) is 18.9 Å². The molecule has 1 atom stereocenters. The summed E-state index contributed by atoms with van der Waals surface area (Å²) in [7, 11) is 2.91. The zero-order valence-corrected chi connectivity index (χ0v) is 16.2. The molecule has 29 heavy (non-hydrogen) atoms. The number of hydrogen-bond donors (Lipinski definition) is 1. The van der Waals surface area contributed by atoms with E-state index in [0.717, 1.165) is 11.1 Å². The van der Waals surface area contributed by atoms with Crippen molar-refractivity contribution in [3.8, 4) is 17.6 Å². The second-order valence-corrected chi connectivity index (χ2v) is 6.46. The van der Waals surface area contributed by atoms with E-state index in [2.05, 4.69) is 6.07 Å². The molecule has 0 saturated carbocycles. The molecule has 1 N–H and O–H groups in total. The van der Waals surface area contributed by atoms with Gasteiger partial charge in [0.25, 0.3) is 0 Å². The molecule has 3 rings (SSSR count). The first-order valence-electron chi connectivity index (χ1n) is 8.94. The van der Waals surface area contributed by atoms with E-state index >= 15 is 0 Å². The molecule has 1 aliphatic carbocycles. The van der Waals surface area contributed by atoms with Crippen molar-refractivity contribution in [1.82, 2.24) is 0 Å². The van der Waals surface area contributed by atoms with Crippen LogP contribution in [-0.4, -0.2) is 38.9 Å². The van der Waals surface area contributed by atoms with Crippen molar-refractivity contribution in [1.29, 1.82) is 5.26 Å². The number of methoxy groups -OCH3 is 2. The first-order chi connectivity index (χ1) is 14.1. The molecule has 0 heterocycles. The molecule has 0 amide bonds. The number of aromatic hydroxyl groups is 1. The number of ether oxygens (including phenoxy) is 4. The first kappa shape index (κ1) is 20.4. The van der Waals surface area contributed by atoms with Crippen molar-refractivity contribution in [3.63, 3.8) is 0 Å². The fourth-order valence-corrected chi connectivity index (χ4v) is 3.33. The van der Waals surface area contributed by atoms with Crippen LogP contribution in [0.1, 0.15) is 33.0 Å². The molecular weight excluding hydrogens is 374 g/mol. The Hall–Kier alpha value is -3.34. The number of rotatable bonds is 7. The number of fused-ring (bicyclic) bond motifs is 1. The third-order valence-corrected chi connectivity index (χ3v) is 4.62. The van der Waals surface area contributed by atoms with Crippen LogP contribution < -0.4 is 4.74 Å². The summed E-state index contributed by atoms with van der Waals surface area (Å²) >= 11 is 0. The van der Waals surface area contributed by atoms with Crippen LogP contribution in [0, 0.1) is 11.3 Å². The molecule has 2 aromatic rings. The Balaban J connectivity index is 1.97. The minimum Gasteiger partial charge on any atom is -0.507 e. The Kier molecular flexibility index (Phi) is 6.50. The van der Waals surface area contributed by atoms with Gasteiger partial charge >= 0.3 is 5.97 Å². The highest BCUT2D eigenvalue weighted by molar-refractivity contribution is 5.92. The highest BCUT2D eigenvalue weighted by Gasteiger charge is 2.25. The zero-order chi connectivity index (χ0) is 20.8. The number of carbonyl (C=O) groups excluding carboxylic acids is 1. The Bertz CT molecular complexity index is 976. The molecule has 0 radical (unpaired) electrons. The summed E-state index contributed by atoms with van der Waals surface area (Å²) in [6, 6.07) is 12.5. The molecule has 7 nitrogen and oxygen atoms in total. The van der Waals surface area contributed by atoms with Gasteiger partial charge in [-0.2, -0.15) is 5.26 Å². The van der Waals surface area contributed by atoms with Gasteiger partial charge in [0, 0.05) is 25.7 Å². The van der Waals surface area contributed by atoms with Crippen LogP contribution in [0.4, 0.5) is 0 Å². The largest absolute Gasteiger partial charge is 0.507 e. The average molecular weight is 395 g/mol. The van der Waals surface area contributed by atoms with E-state index in [1.165, 1.54) is 14.2 Å². The third kappa shape index (κ3) is 4.40.